The Bertz CT molecular complexity index is 619. The molecule has 5 heteroatoms. The molecular formula is C12H10N2O3. The fourth-order valence-corrected chi connectivity index (χ4v) is 1.31. The van der Waals surface area contributed by atoms with Gasteiger partial charge in [-0.05, 0) is 25.1 Å². The zero-order valence-electron chi connectivity index (χ0n) is 9.19. The molecule has 0 spiro atoms. The van der Waals surface area contributed by atoms with Gasteiger partial charge in [0.05, 0.1) is 6.61 Å². The largest absolute Gasteiger partial charge is 0.456 e. The topological polar surface area (TPSA) is 78.3 Å². The first kappa shape index (κ1) is 11.0. The predicted octanol–water partition coefficient (Wildman–Crippen LogP) is 1.32. The molecule has 2 N–H and O–H groups in total. The van der Waals surface area contributed by atoms with Gasteiger partial charge < -0.3 is 14.9 Å². The van der Waals surface area contributed by atoms with Gasteiger partial charge in [-0.25, -0.2) is 4.79 Å². The van der Waals surface area contributed by atoms with Crippen LogP contribution in [0.2, 0.25) is 0 Å². The summed E-state index contributed by atoms with van der Waals surface area (Å²) in [7, 11) is 0. The predicted molar refractivity (Wildman–Crippen MR) is 61.9 cm³/mol. The Morgan fingerprint density at radius 2 is 2.41 bits per heavy atom. The number of carbonyl (C=O) groups excluding carboxylic acids is 1. The number of oxazole rings is 1. The molecule has 0 saturated carbocycles. The molecule has 0 radical (unpaired) electrons. The number of aromatic nitrogens is 1. The van der Waals surface area contributed by atoms with Gasteiger partial charge in [-0.1, -0.05) is 5.92 Å². The summed E-state index contributed by atoms with van der Waals surface area (Å²) in [6, 6.07) is 5.23. The Labute approximate surface area is 97.6 Å². The number of carbonyl (C=O) groups is 1. The molecule has 0 bridgehead atoms. The number of hydrogen-bond acceptors (Lipinski definition) is 5. The number of nitrogens with two attached hydrogens (primary N) is 1. The van der Waals surface area contributed by atoms with Crippen molar-refractivity contribution in [2.45, 2.75) is 6.92 Å². The second kappa shape index (κ2) is 4.58. The van der Waals surface area contributed by atoms with Gasteiger partial charge in [0, 0.05) is 11.5 Å². The summed E-state index contributed by atoms with van der Waals surface area (Å²) < 4.78 is 9.80. The highest BCUT2D eigenvalue weighted by Gasteiger charge is 2.02. The minimum atomic E-state index is -0.549. The molecule has 0 atom stereocenters. The number of rotatable bonds is 1. The van der Waals surface area contributed by atoms with Crippen LogP contribution in [-0.4, -0.2) is 17.6 Å². The number of benzene rings is 1. The number of ether oxygens (including phenoxy) is 1. The third-order valence-corrected chi connectivity index (χ3v) is 1.99. The van der Waals surface area contributed by atoms with E-state index >= 15 is 0 Å². The van der Waals surface area contributed by atoms with Crippen LogP contribution >= 0.6 is 0 Å². The average Bonchev–Trinajstić information content (AvgIpc) is 2.66. The highest BCUT2D eigenvalue weighted by atomic mass is 16.5. The molecule has 0 unspecified atom stereocenters. The fourth-order valence-electron chi connectivity index (χ4n) is 1.31. The molecular weight excluding hydrogens is 220 g/mol. The summed E-state index contributed by atoms with van der Waals surface area (Å²) in [6.45, 7) is 2.04. The van der Waals surface area contributed by atoms with E-state index in [1.54, 1.807) is 25.1 Å². The Balaban J connectivity index is 2.27. The van der Waals surface area contributed by atoms with Crippen molar-refractivity contribution in [1.82, 2.24) is 4.98 Å². The van der Waals surface area contributed by atoms with Gasteiger partial charge in [0.1, 0.15) is 5.52 Å². The van der Waals surface area contributed by atoms with E-state index in [0.29, 0.717) is 23.3 Å². The van der Waals surface area contributed by atoms with E-state index in [1.807, 2.05) is 0 Å². The summed E-state index contributed by atoms with van der Waals surface area (Å²) in [6.07, 6.45) is 0. The van der Waals surface area contributed by atoms with Gasteiger partial charge in [0.15, 0.2) is 5.58 Å². The minimum Gasteiger partial charge on any atom is -0.456 e. The molecule has 0 fully saturated rings. The summed E-state index contributed by atoms with van der Waals surface area (Å²) >= 11 is 0. The van der Waals surface area contributed by atoms with Crippen LogP contribution in [0.25, 0.3) is 11.1 Å². The van der Waals surface area contributed by atoms with Crippen molar-refractivity contribution < 1.29 is 13.9 Å². The van der Waals surface area contributed by atoms with E-state index in [0.717, 1.165) is 0 Å². The van der Waals surface area contributed by atoms with Crippen molar-refractivity contribution in [3.8, 4) is 11.8 Å². The van der Waals surface area contributed by atoms with Gasteiger partial charge in [0.25, 0.3) is 6.01 Å². The molecule has 1 heterocycles. The minimum absolute atomic E-state index is 0.107. The molecule has 0 aliphatic carbocycles. The maximum atomic E-state index is 11.0. The van der Waals surface area contributed by atoms with Crippen molar-refractivity contribution in [3.05, 3.63) is 23.8 Å². The third-order valence-electron chi connectivity index (χ3n) is 1.99. The van der Waals surface area contributed by atoms with Gasteiger partial charge in [-0.2, -0.15) is 4.98 Å². The second-order valence-electron chi connectivity index (χ2n) is 3.21. The van der Waals surface area contributed by atoms with Crippen molar-refractivity contribution in [2.24, 2.45) is 0 Å². The molecule has 5 nitrogen and oxygen atoms in total. The molecule has 1 aromatic heterocycles. The summed E-state index contributed by atoms with van der Waals surface area (Å²) in [5.41, 5.74) is 7.26. The summed E-state index contributed by atoms with van der Waals surface area (Å²) in [4.78, 5) is 15.0. The van der Waals surface area contributed by atoms with E-state index in [-0.39, 0.29) is 6.01 Å². The van der Waals surface area contributed by atoms with Crippen LogP contribution in [0, 0.1) is 11.8 Å². The Morgan fingerprint density at radius 1 is 1.59 bits per heavy atom. The van der Waals surface area contributed by atoms with Gasteiger partial charge in [0.2, 0.25) is 0 Å². The molecule has 0 saturated heterocycles. The summed E-state index contributed by atoms with van der Waals surface area (Å²) in [5, 5.41) is 0. The number of hydrogen-bond donors (Lipinski definition) is 1. The third kappa shape index (κ3) is 2.55. The maximum absolute atomic E-state index is 11.0. The van der Waals surface area contributed by atoms with E-state index in [1.165, 1.54) is 0 Å². The Hall–Kier alpha value is -2.48. The van der Waals surface area contributed by atoms with Crippen LogP contribution in [0.3, 0.4) is 0 Å². The van der Waals surface area contributed by atoms with Crippen LogP contribution in [0.4, 0.5) is 6.01 Å². The lowest BCUT2D eigenvalue weighted by atomic mass is 10.2. The molecule has 2 rings (SSSR count). The molecule has 0 amide bonds. The van der Waals surface area contributed by atoms with Crippen molar-refractivity contribution in [2.75, 3.05) is 12.3 Å². The lowest BCUT2D eigenvalue weighted by molar-refractivity contribution is -0.136. The first-order valence-corrected chi connectivity index (χ1v) is 5.04. The standard InChI is InChI=1S/C12H10N2O3/c1-2-16-11(15)6-4-8-3-5-10-9(7-8)14-12(13)17-10/h3,5,7H,2H2,1H3,(H2,13,14). The molecule has 86 valence electrons. The van der Waals surface area contributed by atoms with Crippen molar-refractivity contribution in [3.63, 3.8) is 0 Å². The maximum Gasteiger partial charge on any atom is 0.384 e. The fraction of sp³-hybridized carbons (Fsp3) is 0.167. The van der Waals surface area contributed by atoms with E-state index in [4.69, 9.17) is 10.2 Å². The summed E-state index contributed by atoms with van der Waals surface area (Å²) in [5.74, 6) is 4.51. The van der Waals surface area contributed by atoms with Crippen LogP contribution in [0.15, 0.2) is 22.6 Å². The monoisotopic (exact) mass is 230 g/mol. The van der Waals surface area contributed by atoms with Crippen LogP contribution in [0.1, 0.15) is 12.5 Å². The molecule has 0 aliphatic rings. The van der Waals surface area contributed by atoms with E-state index in [2.05, 4.69) is 21.6 Å². The SMILES string of the molecule is CCOC(=O)C#Cc1ccc2oc(N)nc2c1. The normalized spacial score (nSPS) is 9.71. The smallest absolute Gasteiger partial charge is 0.384 e. The number of nitrogens with zero attached hydrogens (tertiary/aromatic N) is 1. The molecule has 1 aromatic carbocycles. The second-order valence-corrected chi connectivity index (χ2v) is 3.21. The highest BCUT2D eigenvalue weighted by molar-refractivity contribution is 5.89. The van der Waals surface area contributed by atoms with E-state index < -0.39 is 5.97 Å². The first-order valence-electron chi connectivity index (χ1n) is 5.04. The van der Waals surface area contributed by atoms with Gasteiger partial charge in [-0.3, -0.25) is 0 Å². The Morgan fingerprint density at radius 3 is 3.18 bits per heavy atom. The van der Waals surface area contributed by atoms with Crippen LogP contribution in [-0.2, 0) is 9.53 Å². The number of nitrogen functional groups attached to an aromatic ring is 1. The van der Waals surface area contributed by atoms with Crippen LogP contribution < -0.4 is 5.73 Å². The number of fused-ring (bicyclic) bond motifs is 1. The zero-order valence-corrected chi connectivity index (χ0v) is 9.19. The lowest BCUT2D eigenvalue weighted by Gasteiger charge is -1.91. The van der Waals surface area contributed by atoms with Crippen molar-refractivity contribution >= 4 is 23.1 Å². The zero-order chi connectivity index (χ0) is 12.3. The van der Waals surface area contributed by atoms with Gasteiger partial charge in [-0.15, -0.1) is 0 Å². The van der Waals surface area contributed by atoms with Crippen molar-refractivity contribution in [1.29, 1.82) is 0 Å². The Kier molecular flexibility index (Phi) is 2.97. The molecule has 17 heavy (non-hydrogen) atoms. The first-order chi connectivity index (χ1) is 8.19. The molecule has 0 aliphatic heterocycles. The molecule has 2 aromatic rings. The quantitative estimate of drug-likeness (QED) is 0.590. The lowest BCUT2D eigenvalue weighted by Crippen LogP contribution is -1.99. The van der Waals surface area contributed by atoms with Crippen LogP contribution in [0.5, 0.6) is 0 Å². The van der Waals surface area contributed by atoms with Gasteiger partial charge >= 0.3 is 5.97 Å². The number of anilines is 1. The van der Waals surface area contributed by atoms with E-state index in [9.17, 15) is 4.79 Å². The average molecular weight is 230 g/mol. The number of esters is 1. The highest BCUT2D eigenvalue weighted by Crippen LogP contribution is 2.17.